The second-order valence-electron chi connectivity index (χ2n) is 11.4. The molecule has 0 radical (unpaired) electrons. The highest BCUT2D eigenvalue weighted by Crippen LogP contribution is 2.21. The minimum Gasteiger partial charge on any atom is -0.490 e. The van der Waals surface area contributed by atoms with Gasteiger partial charge < -0.3 is 28.9 Å². The molecule has 0 N–H and O–H groups in total. The molecule has 1 aromatic rings. The molecule has 224 valence electrons. The van der Waals surface area contributed by atoms with Gasteiger partial charge in [0.25, 0.3) is 0 Å². The smallest absolute Gasteiger partial charge is 0.437 e. The van der Waals surface area contributed by atoms with Crippen molar-refractivity contribution < 1.29 is 33.0 Å². The minimum atomic E-state index is -0.914. The molecule has 11 nitrogen and oxygen atoms in total. The van der Waals surface area contributed by atoms with Crippen LogP contribution in [0, 0.1) is 5.82 Å². The fourth-order valence-electron chi connectivity index (χ4n) is 3.65. The van der Waals surface area contributed by atoms with Gasteiger partial charge in [-0.1, -0.05) is 6.07 Å². The van der Waals surface area contributed by atoms with Crippen LogP contribution in [0.1, 0.15) is 53.5 Å². The summed E-state index contributed by atoms with van der Waals surface area (Å²) in [6.07, 6.45) is -0.898. The molecule has 2 rings (SSSR count). The Morgan fingerprint density at radius 2 is 1.65 bits per heavy atom. The first kappa shape index (κ1) is 32.9. The number of hydrogen-bond acceptors (Lipinski definition) is 6. The van der Waals surface area contributed by atoms with E-state index >= 15 is 0 Å². The number of alkyl halides is 1. The number of aliphatic imine (C=N–C) groups is 1. The van der Waals surface area contributed by atoms with Gasteiger partial charge >= 0.3 is 18.2 Å². The van der Waals surface area contributed by atoms with Gasteiger partial charge in [-0.2, -0.15) is 0 Å². The second-order valence-corrected chi connectivity index (χ2v) is 11.8. The summed E-state index contributed by atoms with van der Waals surface area (Å²) in [7, 11) is 3.18. The molecule has 0 atom stereocenters. The quantitative estimate of drug-likeness (QED) is 0.189. The highest BCUT2D eigenvalue weighted by atomic mass is 35.5. The first-order valence-electron chi connectivity index (χ1n) is 13.0. The molecule has 1 aliphatic rings. The van der Waals surface area contributed by atoms with Crippen molar-refractivity contribution in [1.82, 2.24) is 19.6 Å². The lowest BCUT2D eigenvalue weighted by molar-refractivity contribution is 0.0314. The molecule has 1 saturated heterocycles. The summed E-state index contributed by atoms with van der Waals surface area (Å²) >= 11 is 5.66. The summed E-state index contributed by atoms with van der Waals surface area (Å²) < 4.78 is 31.2. The van der Waals surface area contributed by atoms with E-state index in [1.165, 1.54) is 26.8 Å². The number of nitrogens with zero attached hydrogens (tertiary/aromatic N) is 5. The Hall–Kier alpha value is -3.28. The maximum absolute atomic E-state index is 14.7. The van der Waals surface area contributed by atoms with Crippen LogP contribution in [0.25, 0.3) is 0 Å². The molecule has 0 aromatic heterocycles. The first-order chi connectivity index (χ1) is 18.5. The molecule has 0 aliphatic carbocycles. The molecule has 1 heterocycles. The van der Waals surface area contributed by atoms with Crippen LogP contribution < -0.4 is 4.74 Å². The van der Waals surface area contributed by atoms with Crippen molar-refractivity contribution in [1.29, 1.82) is 0 Å². The van der Waals surface area contributed by atoms with Gasteiger partial charge in [0.15, 0.2) is 11.6 Å². The van der Waals surface area contributed by atoms with Gasteiger partial charge in [0.1, 0.15) is 11.2 Å². The summed E-state index contributed by atoms with van der Waals surface area (Å²) in [4.78, 5) is 48.5. The number of rotatable bonds is 7. The number of halogens is 2. The number of benzene rings is 1. The number of carbonyl (C=O) groups excluding carboxylic acids is 3. The molecule has 1 aromatic carbocycles. The topological polar surface area (TPSA) is 104 Å². The highest BCUT2D eigenvalue weighted by molar-refractivity contribution is 6.17. The summed E-state index contributed by atoms with van der Waals surface area (Å²) in [5.41, 5.74) is -1.11. The molecule has 13 heteroatoms. The van der Waals surface area contributed by atoms with Crippen molar-refractivity contribution in [2.45, 2.75) is 65.6 Å². The molecule has 1 fully saturated rings. The van der Waals surface area contributed by atoms with Crippen LogP contribution in [0.3, 0.4) is 0 Å². The number of hydrogen-bond donors (Lipinski definition) is 0. The Balaban J connectivity index is 2.44. The van der Waals surface area contributed by atoms with E-state index in [1.54, 1.807) is 66.6 Å². The lowest BCUT2D eigenvalue weighted by Crippen LogP contribution is -2.61. The van der Waals surface area contributed by atoms with Crippen molar-refractivity contribution in [3.63, 3.8) is 0 Å². The van der Waals surface area contributed by atoms with Crippen molar-refractivity contribution in [2.24, 2.45) is 4.99 Å². The Bertz CT molecular complexity index is 1070. The standard InChI is InChI=1S/C27H41ClFN5O6/c1-26(2,3)39-23(35)30-22(33-17-31(7)24(36)32(8)18-33)34(25(37)40-27(4,5)6)14-12-19-10-11-21(20(29)16-19)38-15-9-13-28/h10-11,16H,9,12-15,17-18H2,1-8H3/b30-22+. The molecule has 4 amide bonds. The fourth-order valence-corrected chi connectivity index (χ4v) is 3.76. The predicted molar refractivity (Wildman–Crippen MR) is 150 cm³/mol. The van der Waals surface area contributed by atoms with Crippen LogP contribution in [0.5, 0.6) is 5.75 Å². The molecule has 40 heavy (non-hydrogen) atoms. The Morgan fingerprint density at radius 1 is 1.05 bits per heavy atom. The van der Waals surface area contributed by atoms with E-state index in [2.05, 4.69) is 4.99 Å². The molecule has 0 saturated carbocycles. The fraction of sp³-hybridized carbons (Fsp3) is 0.630. The largest absolute Gasteiger partial charge is 0.490 e. The van der Waals surface area contributed by atoms with Gasteiger partial charge in [-0.05, 0) is 72.1 Å². The molecule has 1 aliphatic heterocycles. The number of amides is 4. The van der Waals surface area contributed by atoms with Crippen LogP contribution >= 0.6 is 11.6 Å². The van der Waals surface area contributed by atoms with Gasteiger partial charge in [0.2, 0.25) is 5.96 Å². The van der Waals surface area contributed by atoms with Gasteiger partial charge in [0.05, 0.1) is 19.9 Å². The summed E-state index contributed by atoms with van der Waals surface area (Å²) in [5, 5.41) is 0. The molecular weight excluding hydrogens is 545 g/mol. The zero-order valence-electron chi connectivity index (χ0n) is 24.6. The Labute approximate surface area is 240 Å². The average molecular weight is 586 g/mol. The van der Waals surface area contributed by atoms with Gasteiger partial charge in [-0.3, -0.25) is 0 Å². The zero-order chi connectivity index (χ0) is 30.3. The average Bonchev–Trinajstić information content (AvgIpc) is 2.80. The van der Waals surface area contributed by atoms with E-state index in [-0.39, 0.29) is 50.7 Å². The van der Waals surface area contributed by atoms with Crippen LogP contribution in [-0.2, 0) is 15.9 Å². The summed E-state index contributed by atoms with van der Waals surface area (Å²) in [6, 6.07) is 4.31. The van der Waals surface area contributed by atoms with Crippen molar-refractivity contribution >= 4 is 35.8 Å². The minimum absolute atomic E-state index is 0.0136. The van der Waals surface area contributed by atoms with Crippen molar-refractivity contribution in [3.8, 4) is 5.75 Å². The van der Waals surface area contributed by atoms with Crippen LogP contribution in [-0.4, -0.2) is 101 Å². The van der Waals surface area contributed by atoms with E-state index in [1.807, 2.05) is 0 Å². The lowest BCUT2D eigenvalue weighted by atomic mass is 10.1. The number of ether oxygens (including phenoxy) is 3. The SMILES string of the molecule is CN1CN(/C(=N\C(=O)OC(C)(C)C)N(CCc2ccc(OCCCCl)c(F)c2)C(=O)OC(C)(C)C)CN(C)C1=O. The van der Waals surface area contributed by atoms with Crippen LogP contribution in [0.15, 0.2) is 23.2 Å². The molecule has 0 unspecified atom stereocenters. The molecule has 0 bridgehead atoms. The maximum atomic E-state index is 14.7. The third-order valence-corrected chi connectivity index (χ3v) is 5.56. The molecule has 0 spiro atoms. The molecular formula is C27H41ClFN5O6. The van der Waals surface area contributed by atoms with Crippen molar-refractivity contribution in [2.75, 3.05) is 46.5 Å². The summed E-state index contributed by atoms with van der Waals surface area (Å²) in [5.74, 6) is -0.0916. The lowest BCUT2D eigenvalue weighted by Gasteiger charge is -2.42. The number of urea groups is 1. The van der Waals surface area contributed by atoms with E-state index in [0.29, 0.717) is 17.9 Å². The Morgan fingerprint density at radius 3 is 2.17 bits per heavy atom. The number of guanidine groups is 1. The van der Waals surface area contributed by atoms with E-state index < -0.39 is 29.2 Å². The second kappa shape index (κ2) is 13.9. The summed E-state index contributed by atoms with van der Waals surface area (Å²) in [6.45, 7) is 10.6. The maximum Gasteiger partial charge on any atom is 0.437 e. The monoisotopic (exact) mass is 585 g/mol. The third kappa shape index (κ3) is 10.4. The number of carbonyl (C=O) groups is 3. The Kier molecular flexibility index (Phi) is 11.4. The van der Waals surface area contributed by atoms with Gasteiger partial charge in [-0.15, -0.1) is 16.6 Å². The van der Waals surface area contributed by atoms with E-state index in [0.717, 1.165) is 0 Å². The van der Waals surface area contributed by atoms with Crippen LogP contribution in [0.2, 0.25) is 0 Å². The van der Waals surface area contributed by atoms with E-state index in [4.69, 9.17) is 25.8 Å². The first-order valence-corrected chi connectivity index (χ1v) is 13.5. The normalized spacial score (nSPS) is 14.8. The van der Waals surface area contributed by atoms with Crippen molar-refractivity contribution in [3.05, 3.63) is 29.6 Å². The highest BCUT2D eigenvalue weighted by Gasteiger charge is 2.35. The van der Waals surface area contributed by atoms with E-state index in [9.17, 15) is 18.8 Å². The third-order valence-electron chi connectivity index (χ3n) is 5.30. The van der Waals surface area contributed by atoms with Gasteiger partial charge in [0, 0.05) is 26.5 Å². The zero-order valence-corrected chi connectivity index (χ0v) is 25.4. The predicted octanol–water partition coefficient (Wildman–Crippen LogP) is 5.12. The van der Waals surface area contributed by atoms with Crippen LogP contribution in [0.4, 0.5) is 18.8 Å². The van der Waals surface area contributed by atoms with Gasteiger partial charge in [-0.25, -0.2) is 23.7 Å².